The van der Waals surface area contributed by atoms with Gasteiger partial charge in [-0.15, -0.1) is 0 Å². The summed E-state index contributed by atoms with van der Waals surface area (Å²) in [5, 5.41) is 0. The van der Waals surface area contributed by atoms with Crippen LogP contribution in [0, 0.1) is 0 Å². The summed E-state index contributed by atoms with van der Waals surface area (Å²) in [6.07, 6.45) is 13.9. The topological polar surface area (TPSA) is 0 Å². The van der Waals surface area contributed by atoms with E-state index in [4.69, 9.17) is 0 Å². The summed E-state index contributed by atoms with van der Waals surface area (Å²) in [5.41, 5.74) is 10.4. The first-order valence-corrected chi connectivity index (χ1v) is 9.22. The molecule has 0 aromatic heterocycles. The summed E-state index contributed by atoms with van der Waals surface area (Å²) in [6.45, 7) is 0. The van der Waals surface area contributed by atoms with Crippen LogP contribution in [0.2, 0.25) is 0 Å². The van der Waals surface area contributed by atoms with E-state index in [9.17, 15) is 0 Å². The molecular formula is C24H22. The molecule has 0 unspecified atom stereocenters. The zero-order chi connectivity index (χ0) is 15.9. The molecule has 0 nitrogen and oxygen atoms in total. The summed E-state index contributed by atoms with van der Waals surface area (Å²) in [4.78, 5) is 0. The van der Waals surface area contributed by atoms with E-state index in [1.54, 1.807) is 5.57 Å². The molecule has 24 heavy (non-hydrogen) atoms. The number of hydrogen-bond donors (Lipinski definition) is 0. The fourth-order valence-electron chi connectivity index (χ4n) is 4.64. The Balaban J connectivity index is 1.62. The van der Waals surface area contributed by atoms with Crippen LogP contribution in [-0.4, -0.2) is 0 Å². The van der Waals surface area contributed by atoms with E-state index >= 15 is 0 Å². The molecule has 2 aromatic rings. The first-order valence-electron chi connectivity index (χ1n) is 9.22. The first kappa shape index (κ1) is 14.0. The Morgan fingerprint density at radius 1 is 0.667 bits per heavy atom. The summed E-state index contributed by atoms with van der Waals surface area (Å²) in [7, 11) is 0. The van der Waals surface area contributed by atoms with Crippen molar-refractivity contribution in [3.05, 3.63) is 94.6 Å². The van der Waals surface area contributed by atoms with E-state index < -0.39 is 0 Å². The fourth-order valence-corrected chi connectivity index (χ4v) is 4.64. The molecule has 1 saturated carbocycles. The standard InChI is InChI=1S/C24H22/c1-2-8-17(9-3-1)18-14-15-19(16-18)24-22-12-6-4-10-20(22)21-11-5-7-13-23(21)24/h4-7,10-16,24H,1-3,8-9H2. The number of rotatable bonds is 1. The second-order valence-electron chi connectivity index (χ2n) is 7.20. The van der Waals surface area contributed by atoms with Gasteiger partial charge in [-0.3, -0.25) is 0 Å². The number of fused-ring (bicyclic) bond motifs is 3. The molecule has 5 rings (SSSR count). The fraction of sp³-hybridized carbons (Fsp3) is 0.250. The highest BCUT2D eigenvalue weighted by atomic mass is 14.3. The molecular weight excluding hydrogens is 288 g/mol. The van der Waals surface area contributed by atoms with Crippen molar-refractivity contribution in [2.45, 2.75) is 38.0 Å². The molecule has 0 aliphatic heterocycles. The van der Waals surface area contributed by atoms with Gasteiger partial charge in [0.25, 0.3) is 0 Å². The van der Waals surface area contributed by atoms with Crippen molar-refractivity contribution in [3.8, 4) is 11.1 Å². The van der Waals surface area contributed by atoms with Crippen LogP contribution in [0.3, 0.4) is 0 Å². The third-order valence-corrected chi connectivity index (χ3v) is 5.81. The molecule has 0 spiro atoms. The van der Waals surface area contributed by atoms with Gasteiger partial charge in [-0.2, -0.15) is 0 Å². The van der Waals surface area contributed by atoms with Crippen LogP contribution in [0.25, 0.3) is 11.1 Å². The van der Waals surface area contributed by atoms with Crippen LogP contribution >= 0.6 is 0 Å². The Morgan fingerprint density at radius 2 is 1.29 bits per heavy atom. The molecule has 0 heteroatoms. The third-order valence-electron chi connectivity index (χ3n) is 5.81. The Labute approximate surface area is 144 Å². The smallest absolute Gasteiger partial charge is 0.0352 e. The van der Waals surface area contributed by atoms with Gasteiger partial charge in [0.2, 0.25) is 0 Å². The van der Waals surface area contributed by atoms with Crippen molar-refractivity contribution < 1.29 is 0 Å². The number of hydrogen-bond acceptors (Lipinski definition) is 0. The van der Waals surface area contributed by atoms with Crippen LogP contribution in [0.1, 0.15) is 49.1 Å². The van der Waals surface area contributed by atoms with Gasteiger partial charge in [0, 0.05) is 5.92 Å². The molecule has 0 amide bonds. The molecule has 3 aliphatic rings. The van der Waals surface area contributed by atoms with Crippen LogP contribution in [0.4, 0.5) is 0 Å². The normalized spacial score (nSPS) is 19.4. The molecule has 2 aromatic carbocycles. The third kappa shape index (κ3) is 2.13. The van der Waals surface area contributed by atoms with Gasteiger partial charge in [-0.1, -0.05) is 78.8 Å². The highest BCUT2D eigenvalue weighted by Gasteiger charge is 2.30. The van der Waals surface area contributed by atoms with Crippen LogP contribution < -0.4 is 0 Å². The lowest BCUT2D eigenvalue weighted by Gasteiger charge is -2.16. The van der Waals surface area contributed by atoms with Gasteiger partial charge in [-0.25, -0.2) is 0 Å². The maximum absolute atomic E-state index is 2.46. The summed E-state index contributed by atoms with van der Waals surface area (Å²) < 4.78 is 0. The van der Waals surface area contributed by atoms with Gasteiger partial charge in [0.05, 0.1) is 0 Å². The maximum atomic E-state index is 2.46. The minimum Gasteiger partial charge on any atom is -0.0630 e. The van der Waals surface area contributed by atoms with Crippen molar-refractivity contribution in [2.24, 2.45) is 0 Å². The molecule has 118 valence electrons. The minimum atomic E-state index is 0.398. The Bertz CT molecular complexity index is 838. The van der Waals surface area contributed by atoms with E-state index in [2.05, 4.69) is 66.8 Å². The number of benzene rings is 2. The molecule has 0 atom stereocenters. The van der Waals surface area contributed by atoms with E-state index in [1.807, 2.05) is 0 Å². The average molecular weight is 310 g/mol. The van der Waals surface area contributed by atoms with Gasteiger partial charge in [0.1, 0.15) is 0 Å². The van der Waals surface area contributed by atoms with Crippen molar-refractivity contribution in [1.29, 1.82) is 0 Å². The molecule has 0 heterocycles. The van der Waals surface area contributed by atoms with Crippen molar-refractivity contribution in [2.75, 3.05) is 0 Å². The lowest BCUT2D eigenvalue weighted by atomic mass is 9.88. The molecule has 0 bridgehead atoms. The Kier molecular flexibility index (Phi) is 3.29. The minimum absolute atomic E-state index is 0.398. The van der Waals surface area contributed by atoms with Gasteiger partial charge in [-0.05, 0) is 59.1 Å². The highest BCUT2D eigenvalue weighted by Crippen LogP contribution is 2.49. The molecule has 3 aliphatic carbocycles. The van der Waals surface area contributed by atoms with Gasteiger partial charge < -0.3 is 0 Å². The molecule has 1 fully saturated rings. The van der Waals surface area contributed by atoms with Crippen LogP contribution in [0.5, 0.6) is 0 Å². The van der Waals surface area contributed by atoms with E-state index in [0.29, 0.717) is 5.92 Å². The average Bonchev–Trinajstić information content (AvgIpc) is 3.25. The Morgan fingerprint density at radius 3 is 1.96 bits per heavy atom. The largest absolute Gasteiger partial charge is 0.0630 e. The second-order valence-corrected chi connectivity index (χ2v) is 7.20. The zero-order valence-corrected chi connectivity index (χ0v) is 14.0. The van der Waals surface area contributed by atoms with Crippen LogP contribution in [0.15, 0.2) is 83.5 Å². The lowest BCUT2D eigenvalue weighted by molar-refractivity contribution is 0.596. The molecule has 0 saturated heterocycles. The van der Waals surface area contributed by atoms with Gasteiger partial charge in [0.15, 0.2) is 0 Å². The Hall–Kier alpha value is -2.34. The van der Waals surface area contributed by atoms with Crippen LogP contribution in [-0.2, 0) is 0 Å². The lowest BCUT2D eigenvalue weighted by Crippen LogP contribution is -1.98. The van der Waals surface area contributed by atoms with Crippen molar-refractivity contribution in [3.63, 3.8) is 0 Å². The van der Waals surface area contributed by atoms with E-state index in [1.165, 1.54) is 65.5 Å². The maximum Gasteiger partial charge on any atom is 0.0352 e. The molecule has 0 N–H and O–H groups in total. The SMILES string of the molecule is C1=CC(=C2CCCCC2)C=C1C1c2ccccc2-c2ccccc21. The first-order chi connectivity index (χ1) is 11.9. The summed E-state index contributed by atoms with van der Waals surface area (Å²) in [5.74, 6) is 0.398. The quantitative estimate of drug-likeness (QED) is 0.560. The molecule has 0 radical (unpaired) electrons. The second kappa shape index (κ2) is 5.63. The van der Waals surface area contributed by atoms with E-state index in [0.717, 1.165) is 0 Å². The highest BCUT2D eigenvalue weighted by molar-refractivity contribution is 5.81. The summed E-state index contributed by atoms with van der Waals surface area (Å²) >= 11 is 0. The van der Waals surface area contributed by atoms with Crippen molar-refractivity contribution >= 4 is 0 Å². The predicted octanol–water partition coefficient (Wildman–Crippen LogP) is 6.56. The van der Waals surface area contributed by atoms with Crippen molar-refractivity contribution in [1.82, 2.24) is 0 Å². The number of allylic oxidation sites excluding steroid dienone is 6. The monoisotopic (exact) mass is 310 g/mol. The summed E-state index contributed by atoms with van der Waals surface area (Å²) in [6, 6.07) is 17.8. The van der Waals surface area contributed by atoms with E-state index in [-0.39, 0.29) is 0 Å². The van der Waals surface area contributed by atoms with Gasteiger partial charge >= 0.3 is 0 Å². The zero-order valence-electron chi connectivity index (χ0n) is 14.0. The predicted molar refractivity (Wildman–Crippen MR) is 101 cm³/mol.